The van der Waals surface area contributed by atoms with Crippen molar-refractivity contribution in [2.24, 2.45) is 0 Å². The Morgan fingerprint density at radius 3 is 2.57 bits per heavy atom. The molecule has 1 aliphatic heterocycles. The Morgan fingerprint density at radius 2 is 1.93 bits per heavy atom. The molecule has 0 radical (unpaired) electrons. The van der Waals surface area contributed by atoms with Gasteiger partial charge < -0.3 is 0 Å². The summed E-state index contributed by atoms with van der Waals surface area (Å²) in [6, 6.07) is 5.42. The third-order valence-corrected chi connectivity index (χ3v) is 5.80. The number of benzene rings is 2. The van der Waals surface area contributed by atoms with Crippen molar-refractivity contribution in [3.63, 3.8) is 0 Å². The van der Waals surface area contributed by atoms with Crippen LogP contribution in [0.4, 0.5) is 13.2 Å². The third-order valence-electron chi connectivity index (χ3n) is 5.34. The van der Waals surface area contributed by atoms with Crippen molar-refractivity contribution in [2.45, 2.75) is 44.9 Å². The summed E-state index contributed by atoms with van der Waals surface area (Å²) in [6.07, 6.45) is 2.39. The molecule has 7 heteroatoms. The van der Waals surface area contributed by atoms with E-state index in [2.05, 4.69) is 26.1 Å². The number of rotatable bonds is 3. The van der Waals surface area contributed by atoms with Gasteiger partial charge in [-0.3, -0.25) is 10.00 Å². The van der Waals surface area contributed by atoms with Gasteiger partial charge >= 0.3 is 0 Å². The lowest BCUT2D eigenvalue weighted by Gasteiger charge is -2.44. The zero-order valence-corrected chi connectivity index (χ0v) is 17.4. The average Bonchev–Trinajstić information content (AvgIpc) is 3.04. The Kier molecular flexibility index (Phi) is 4.78. The van der Waals surface area contributed by atoms with Crippen molar-refractivity contribution >= 4 is 26.8 Å². The van der Waals surface area contributed by atoms with E-state index in [1.54, 1.807) is 6.20 Å². The summed E-state index contributed by atoms with van der Waals surface area (Å²) in [4.78, 5) is 1.86. The van der Waals surface area contributed by atoms with E-state index in [0.717, 1.165) is 22.0 Å². The van der Waals surface area contributed by atoms with E-state index in [4.69, 9.17) is 0 Å². The van der Waals surface area contributed by atoms with Gasteiger partial charge in [-0.2, -0.15) is 5.10 Å². The summed E-state index contributed by atoms with van der Waals surface area (Å²) in [5.41, 5.74) is 1.10. The maximum absolute atomic E-state index is 15.0. The second kappa shape index (κ2) is 6.88. The number of hydrogen-bond donors (Lipinski definition) is 1. The Hall–Kier alpha value is -1.86. The molecule has 0 unspecified atom stereocenters. The largest absolute Gasteiger partial charge is 0.286 e. The summed E-state index contributed by atoms with van der Waals surface area (Å²) in [6.45, 7) is 5.01. The average molecular weight is 452 g/mol. The number of aromatic nitrogens is 2. The highest BCUT2D eigenvalue weighted by molar-refractivity contribution is 9.10. The highest BCUT2D eigenvalue weighted by Crippen LogP contribution is 2.43. The Balaban J connectivity index is 1.97. The van der Waals surface area contributed by atoms with Gasteiger partial charge in [-0.1, -0.05) is 22.0 Å². The van der Waals surface area contributed by atoms with Crippen molar-refractivity contribution in [3.05, 3.63) is 63.3 Å². The van der Waals surface area contributed by atoms with Gasteiger partial charge in [0.25, 0.3) is 0 Å². The van der Waals surface area contributed by atoms with Crippen LogP contribution in [0.5, 0.6) is 0 Å². The number of nitrogens with one attached hydrogen (secondary N) is 1. The molecule has 0 amide bonds. The van der Waals surface area contributed by atoms with Crippen LogP contribution in [0.25, 0.3) is 10.9 Å². The number of halogens is 4. The Morgan fingerprint density at radius 1 is 1.25 bits per heavy atom. The predicted molar refractivity (Wildman–Crippen MR) is 107 cm³/mol. The van der Waals surface area contributed by atoms with Crippen molar-refractivity contribution < 1.29 is 13.2 Å². The maximum atomic E-state index is 15.0. The van der Waals surface area contributed by atoms with Crippen molar-refractivity contribution in [3.8, 4) is 0 Å². The van der Waals surface area contributed by atoms with Gasteiger partial charge in [0.1, 0.15) is 17.3 Å². The Labute approximate surface area is 170 Å². The molecule has 148 valence electrons. The molecule has 0 saturated heterocycles. The first kappa shape index (κ1) is 19.5. The second-order valence-corrected chi connectivity index (χ2v) is 9.01. The van der Waals surface area contributed by atoms with Crippen LogP contribution in [-0.2, 0) is 6.42 Å². The minimum absolute atomic E-state index is 0.0527. The molecule has 0 fully saturated rings. The van der Waals surface area contributed by atoms with Gasteiger partial charge in [0.15, 0.2) is 0 Å². The fourth-order valence-electron chi connectivity index (χ4n) is 4.24. The smallest absolute Gasteiger partial charge is 0.132 e. The van der Waals surface area contributed by atoms with Gasteiger partial charge in [0, 0.05) is 28.0 Å². The maximum Gasteiger partial charge on any atom is 0.132 e. The first-order valence-corrected chi connectivity index (χ1v) is 9.99. The molecule has 2 aromatic carbocycles. The standard InChI is InChI=1S/C21H21BrF3N3/c1-11-6-14-13(4-5-18-15(14)9-26-27-18)20(28(11)10-21(2,3)25)19-16(23)7-12(22)8-17(19)24/h4-5,7-9,11,20H,6,10H2,1-3H3,(H,26,27)/t11-,20+/m1/s1. The number of alkyl halides is 1. The SMILES string of the molecule is C[C@@H]1Cc2c(ccc3[nH]ncc23)[C@@H](c2c(F)cc(Br)cc2F)N1CC(C)(C)F. The van der Waals surface area contributed by atoms with Crippen LogP contribution < -0.4 is 0 Å². The zero-order valence-electron chi connectivity index (χ0n) is 15.9. The van der Waals surface area contributed by atoms with Crippen LogP contribution in [-0.4, -0.2) is 33.4 Å². The summed E-state index contributed by atoms with van der Waals surface area (Å²) >= 11 is 3.14. The molecule has 3 aromatic rings. The fraction of sp³-hybridized carbons (Fsp3) is 0.381. The molecular weight excluding hydrogens is 431 g/mol. The van der Waals surface area contributed by atoms with E-state index in [1.807, 2.05) is 24.0 Å². The van der Waals surface area contributed by atoms with Gasteiger partial charge in [-0.25, -0.2) is 13.2 Å². The Bertz CT molecular complexity index is 1020. The van der Waals surface area contributed by atoms with E-state index < -0.39 is 23.3 Å². The minimum Gasteiger partial charge on any atom is -0.286 e. The molecule has 3 nitrogen and oxygen atoms in total. The van der Waals surface area contributed by atoms with Crippen LogP contribution in [0.2, 0.25) is 0 Å². The molecule has 2 atom stereocenters. The molecule has 1 aliphatic rings. The number of fused-ring (bicyclic) bond motifs is 3. The quantitative estimate of drug-likeness (QED) is 0.554. The summed E-state index contributed by atoms with van der Waals surface area (Å²) in [5, 5.41) is 7.98. The molecule has 0 spiro atoms. The van der Waals surface area contributed by atoms with E-state index in [9.17, 15) is 13.2 Å². The molecular formula is C21H21BrF3N3. The zero-order chi connectivity index (χ0) is 20.2. The molecule has 1 aromatic heterocycles. The van der Waals surface area contributed by atoms with Crippen LogP contribution in [0.3, 0.4) is 0 Å². The summed E-state index contributed by atoms with van der Waals surface area (Å²) in [7, 11) is 0. The third kappa shape index (κ3) is 3.35. The lowest BCUT2D eigenvalue weighted by atomic mass is 9.82. The van der Waals surface area contributed by atoms with Gasteiger partial charge in [0.2, 0.25) is 0 Å². The summed E-state index contributed by atoms with van der Waals surface area (Å²) in [5.74, 6) is -1.29. The monoisotopic (exact) mass is 451 g/mol. The van der Waals surface area contributed by atoms with Gasteiger partial charge in [-0.15, -0.1) is 0 Å². The molecule has 28 heavy (non-hydrogen) atoms. The predicted octanol–water partition coefficient (Wildman–Crippen LogP) is 5.69. The molecule has 0 bridgehead atoms. The first-order valence-electron chi connectivity index (χ1n) is 9.19. The number of hydrogen-bond acceptors (Lipinski definition) is 2. The van der Waals surface area contributed by atoms with E-state index in [-0.39, 0.29) is 18.2 Å². The van der Waals surface area contributed by atoms with Crippen molar-refractivity contribution in [1.29, 1.82) is 0 Å². The van der Waals surface area contributed by atoms with Gasteiger partial charge in [0.05, 0.1) is 17.8 Å². The molecule has 1 N–H and O–H groups in total. The van der Waals surface area contributed by atoms with Crippen LogP contribution >= 0.6 is 15.9 Å². The van der Waals surface area contributed by atoms with Crippen LogP contribution in [0.15, 0.2) is 34.9 Å². The lowest BCUT2D eigenvalue weighted by Crippen LogP contribution is -2.48. The molecule has 4 rings (SSSR count). The second-order valence-electron chi connectivity index (χ2n) is 8.09. The minimum atomic E-state index is -1.51. The van der Waals surface area contributed by atoms with Crippen LogP contribution in [0.1, 0.15) is 43.5 Å². The molecule has 0 saturated carbocycles. The first-order chi connectivity index (χ1) is 13.2. The van der Waals surface area contributed by atoms with Crippen molar-refractivity contribution in [2.75, 3.05) is 6.54 Å². The van der Waals surface area contributed by atoms with Crippen molar-refractivity contribution in [1.82, 2.24) is 15.1 Å². The highest BCUT2D eigenvalue weighted by Gasteiger charge is 2.39. The summed E-state index contributed by atoms with van der Waals surface area (Å²) < 4.78 is 44.9. The van der Waals surface area contributed by atoms with E-state index in [0.29, 0.717) is 10.9 Å². The fourth-order valence-corrected chi connectivity index (χ4v) is 4.64. The number of nitrogens with zero attached hydrogens (tertiary/aromatic N) is 2. The van der Waals surface area contributed by atoms with E-state index in [1.165, 1.54) is 26.0 Å². The molecule has 2 heterocycles. The lowest BCUT2D eigenvalue weighted by molar-refractivity contribution is 0.0655. The molecule has 0 aliphatic carbocycles. The number of aromatic amines is 1. The van der Waals surface area contributed by atoms with E-state index >= 15 is 0 Å². The normalized spacial score (nSPS) is 20.5. The van der Waals surface area contributed by atoms with Crippen LogP contribution in [0, 0.1) is 11.6 Å². The van der Waals surface area contributed by atoms with Gasteiger partial charge in [-0.05, 0) is 56.5 Å². The number of H-pyrrole nitrogens is 1. The topological polar surface area (TPSA) is 31.9 Å². The highest BCUT2D eigenvalue weighted by atomic mass is 79.9.